The summed E-state index contributed by atoms with van der Waals surface area (Å²) in [5.74, 6) is -1.18. The molecule has 3 rings (SSSR count). The molecule has 0 fully saturated rings. The topological polar surface area (TPSA) is 83.8 Å². The fourth-order valence-corrected chi connectivity index (χ4v) is 2.28. The number of halogens is 2. The lowest BCUT2D eigenvalue weighted by Gasteiger charge is -2.29. The molecule has 0 aliphatic carbocycles. The van der Waals surface area contributed by atoms with Crippen molar-refractivity contribution in [3.05, 3.63) is 41.5 Å². The van der Waals surface area contributed by atoms with Crippen LogP contribution in [-0.4, -0.2) is 27.1 Å². The third kappa shape index (κ3) is 1.98. The Morgan fingerprint density at radius 3 is 2.60 bits per heavy atom. The largest absolute Gasteiger partial charge is 0.384 e. The molecular formula is C12H12F2N6. The minimum atomic E-state index is -0.733. The van der Waals surface area contributed by atoms with Crippen LogP contribution in [0.2, 0.25) is 0 Å². The van der Waals surface area contributed by atoms with E-state index in [-0.39, 0.29) is 23.6 Å². The number of nitrogens with one attached hydrogen (secondary N) is 1. The number of hydrogen-bond acceptors (Lipinski definition) is 4. The molecule has 6 nitrogen and oxygen atoms in total. The highest BCUT2D eigenvalue weighted by atomic mass is 19.1. The van der Waals surface area contributed by atoms with Gasteiger partial charge in [-0.25, -0.2) is 8.78 Å². The van der Waals surface area contributed by atoms with Gasteiger partial charge < -0.3 is 15.2 Å². The Labute approximate surface area is 113 Å². The highest BCUT2D eigenvalue weighted by molar-refractivity contribution is 5.95. The molecular weight excluding hydrogens is 266 g/mol. The lowest BCUT2D eigenvalue weighted by Crippen LogP contribution is -2.35. The third-order valence-corrected chi connectivity index (χ3v) is 3.28. The van der Waals surface area contributed by atoms with Gasteiger partial charge in [0.25, 0.3) is 0 Å². The molecule has 0 radical (unpaired) electrons. The molecule has 0 saturated heterocycles. The zero-order chi connectivity index (χ0) is 14.3. The van der Waals surface area contributed by atoms with Gasteiger partial charge in [0.15, 0.2) is 5.82 Å². The Morgan fingerprint density at radius 2 is 1.95 bits per heavy atom. The van der Waals surface area contributed by atoms with Gasteiger partial charge in [-0.05, 0) is 12.1 Å². The average Bonchev–Trinajstić information content (AvgIpc) is 2.85. The first-order chi connectivity index (χ1) is 9.56. The van der Waals surface area contributed by atoms with Gasteiger partial charge in [-0.2, -0.15) is 0 Å². The minimum Gasteiger partial charge on any atom is -0.384 e. The molecule has 20 heavy (non-hydrogen) atoms. The summed E-state index contributed by atoms with van der Waals surface area (Å²) in [6.45, 7) is 1.31. The molecule has 0 unspecified atom stereocenters. The van der Waals surface area contributed by atoms with Gasteiger partial charge in [0.05, 0.1) is 6.54 Å². The summed E-state index contributed by atoms with van der Waals surface area (Å²) in [4.78, 5) is 1.57. The van der Waals surface area contributed by atoms with Gasteiger partial charge in [-0.1, -0.05) is 0 Å². The van der Waals surface area contributed by atoms with E-state index in [0.717, 1.165) is 12.1 Å². The van der Waals surface area contributed by atoms with Crippen LogP contribution in [0.4, 0.5) is 14.5 Å². The van der Waals surface area contributed by atoms with Crippen molar-refractivity contribution in [3.8, 4) is 0 Å². The second-order valence-corrected chi connectivity index (χ2v) is 4.56. The van der Waals surface area contributed by atoms with E-state index in [1.165, 1.54) is 0 Å². The zero-order valence-electron chi connectivity index (χ0n) is 10.5. The number of nitrogens with zero attached hydrogens (tertiary/aromatic N) is 4. The quantitative estimate of drug-likeness (QED) is 0.630. The molecule has 1 aromatic heterocycles. The second kappa shape index (κ2) is 4.55. The SMILES string of the molecule is N=C(N)c1cc(F)c(N2CCn3cnnc3C2)c(F)c1. The van der Waals surface area contributed by atoms with Crippen LogP contribution in [0.1, 0.15) is 11.4 Å². The Morgan fingerprint density at radius 1 is 1.25 bits per heavy atom. The Kier molecular flexibility index (Phi) is 2.85. The first kappa shape index (κ1) is 12.5. The van der Waals surface area contributed by atoms with Gasteiger partial charge in [0, 0.05) is 18.7 Å². The maximum absolute atomic E-state index is 14.1. The molecule has 8 heteroatoms. The Hall–Kier alpha value is -2.51. The van der Waals surface area contributed by atoms with Crippen molar-refractivity contribution in [1.82, 2.24) is 14.8 Å². The van der Waals surface area contributed by atoms with Crippen LogP contribution in [0.3, 0.4) is 0 Å². The van der Waals surface area contributed by atoms with Crippen LogP contribution in [0, 0.1) is 17.0 Å². The van der Waals surface area contributed by atoms with E-state index in [4.69, 9.17) is 11.1 Å². The maximum atomic E-state index is 14.1. The van der Waals surface area contributed by atoms with Gasteiger partial charge >= 0.3 is 0 Å². The first-order valence-electron chi connectivity index (χ1n) is 6.01. The fourth-order valence-electron chi connectivity index (χ4n) is 2.28. The number of hydrogen-bond donors (Lipinski definition) is 2. The van der Waals surface area contributed by atoms with E-state index < -0.39 is 11.6 Å². The van der Waals surface area contributed by atoms with Crippen molar-refractivity contribution in [1.29, 1.82) is 5.41 Å². The summed E-state index contributed by atoms with van der Waals surface area (Å²) in [5, 5.41) is 14.9. The number of nitrogens with two attached hydrogens (primary N) is 1. The molecule has 0 atom stereocenters. The summed E-state index contributed by atoms with van der Waals surface area (Å²) in [5.41, 5.74) is 5.15. The molecule has 3 N–H and O–H groups in total. The molecule has 2 aromatic rings. The van der Waals surface area contributed by atoms with E-state index in [1.807, 2.05) is 4.57 Å². The number of benzene rings is 1. The normalized spacial score (nSPS) is 14.2. The van der Waals surface area contributed by atoms with Crippen LogP contribution in [0.25, 0.3) is 0 Å². The Balaban J connectivity index is 1.97. The van der Waals surface area contributed by atoms with Gasteiger partial charge in [-0.15, -0.1) is 10.2 Å². The van der Waals surface area contributed by atoms with E-state index >= 15 is 0 Å². The zero-order valence-corrected chi connectivity index (χ0v) is 10.5. The van der Waals surface area contributed by atoms with Gasteiger partial charge in [0.2, 0.25) is 0 Å². The molecule has 1 aliphatic rings. The molecule has 0 spiro atoms. The number of rotatable bonds is 2. The van der Waals surface area contributed by atoms with Crippen molar-refractivity contribution < 1.29 is 8.78 Å². The molecule has 1 aromatic carbocycles. The van der Waals surface area contributed by atoms with Crippen LogP contribution in [0.15, 0.2) is 18.5 Å². The van der Waals surface area contributed by atoms with Crippen LogP contribution in [-0.2, 0) is 13.1 Å². The molecule has 1 aliphatic heterocycles. The summed E-state index contributed by atoms with van der Waals surface area (Å²) < 4.78 is 30.0. The van der Waals surface area contributed by atoms with Crippen molar-refractivity contribution >= 4 is 11.5 Å². The van der Waals surface area contributed by atoms with Crippen molar-refractivity contribution in [3.63, 3.8) is 0 Å². The predicted octanol–water partition coefficient (Wildman–Crippen LogP) is 0.861. The number of fused-ring (bicyclic) bond motifs is 1. The second-order valence-electron chi connectivity index (χ2n) is 4.56. The molecule has 104 valence electrons. The van der Waals surface area contributed by atoms with Crippen molar-refractivity contribution in [2.24, 2.45) is 5.73 Å². The third-order valence-electron chi connectivity index (χ3n) is 3.28. The standard InChI is InChI=1S/C12H12F2N6/c13-8-3-7(12(15)16)4-9(14)11(8)19-1-2-20-6-17-18-10(20)5-19/h3-4,6H,1-2,5H2,(H3,15,16). The summed E-state index contributed by atoms with van der Waals surface area (Å²) in [6.07, 6.45) is 1.60. The molecule has 0 bridgehead atoms. The maximum Gasteiger partial charge on any atom is 0.152 e. The van der Waals surface area contributed by atoms with Crippen LogP contribution >= 0.6 is 0 Å². The number of aromatic nitrogens is 3. The van der Waals surface area contributed by atoms with Crippen molar-refractivity contribution in [2.75, 3.05) is 11.4 Å². The lowest BCUT2D eigenvalue weighted by atomic mass is 10.1. The molecule has 2 heterocycles. The molecule has 0 amide bonds. The number of amidine groups is 1. The summed E-state index contributed by atoms with van der Waals surface area (Å²) in [6, 6.07) is 2.14. The van der Waals surface area contributed by atoms with Crippen LogP contribution < -0.4 is 10.6 Å². The van der Waals surface area contributed by atoms with Crippen LogP contribution in [0.5, 0.6) is 0 Å². The fraction of sp³-hybridized carbons (Fsp3) is 0.250. The van der Waals surface area contributed by atoms with Crippen molar-refractivity contribution in [2.45, 2.75) is 13.1 Å². The number of nitrogen functional groups attached to an aromatic ring is 1. The van der Waals surface area contributed by atoms with E-state index in [0.29, 0.717) is 18.9 Å². The number of anilines is 1. The predicted molar refractivity (Wildman–Crippen MR) is 68.4 cm³/mol. The highest BCUT2D eigenvalue weighted by Gasteiger charge is 2.24. The first-order valence-corrected chi connectivity index (χ1v) is 6.01. The Bertz CT molecular complexity index is 657. The van der Waals surface area contributed by atoms with Gasteiger partial charge in [-0.3, -0.25) is 5.41 Å². The van der Waals surface area contributed by atoms with E-state index in [1.54, 1.807) is 11.2 Å². The van der Waals surface area contributed by atoms with E-state index in [9.17, 15) is 8.78 Å². The smallest absolute Gasteiger partial charge is 0.152 e. The average molecular weight is 278 g/mol. The lowest BCUT2D eigenvalue weighted by molar-refractivity contribution is 0.522. The minimum absolute atomic E-state index is 0.0314. The van der Waals surface area contributed by atoms with Gasteiger partial charge in [0.1, 0.15) is 29.5 Å². The monoisotopic (exact) mass is 278 g/mol. The highest BCUT2D eigenvalue weighted by Crippen LogP contribution is 2.27. The van der Waals surface area contributed by atoms with E-state index in [2.05, 4.69) is 10.2 Å². The molecule has 0 saturated carbocycles. The summed E-state index contributed by atoms with van der Waals surface area (Å²) >= 11 is 0. The summed E-state index contributed by atoms with van der Waals surface area (Å²) in [7, 11) is 0.